The maximum absolute atomic E-state index is 5.45. The number of ether oxygens (including phenoxy) is 1. The first-order valence-corrected chi connectivity index (χ1v) is 6.25. The monoisotopic (exact) mass is 237 g/mol. The number of rotatable bonds is 6. The first-order valence-electron chi connectivity index (χ1n) is 6.25. The lowest BCUT2D eigenvalue weighted by Crippen LogP contribution is -2.12. The molecule has 0 aromatic carbocycles. The molecule has 0 aliphatic carbocycles. The van der Waals surface area contributed by atoms with Crippen LogP contribution < -0.4 is 5.32 Å². The SMILES string of the molecule is CCCC(OC)c1nc(C)c(CC)c(NC)n1. The van der Waals surface area contributed by atoms with Gasteiger partial charge in [-0.2, -0.15) is 0 Å². The Bertz CT molecular complexity index is 366. The molecule has 0 saturated heterocycles. The second-order valence-electron chi connectivity index (χ2n) is 4.11. The van der Waals surface area contributed by atoms with Crippen LogP contribution in [0.1, 0.15) is 49.9 Å². The fourth-order valence-electron chi connectivity index (χ4n) is 2.01. The maximum Gasteiger partial charge on any atom is 0.159 e. The third-order valence-corrected chi connectivity index (χ3v) is 2.94. The molecule has 1 unspecified atom stereocenters. The van der Waals surface area contributed by atoms with Crippen LogP contribution in [-0.4, -0.2) is 24.1 Å². The van der Waals surface area contributed by atoms with Gasteiger partial charge in [-0.25, -0.2) is 9.97 Å². The first kappa shape index (κ1) is 13.9. The summed E-state index contributed by atoms with van der Waals surface area (Å²) in [4.78, 5) is 9.13. The molecule has 0 saturated carbocycles. The van der Waals surface area contributed by atoms with E-state index < -0.39 is 0 Å². The Kier molecular flexibility index (Phi) is 5.35. The van der Waals surface area contributed by atoms with Crippen molar-refractivity contribution in [2.24, 2.45) is 0 Å². The van der Waals surface area contributed by atoms with Crippen molar-refractivity contribution < 1.29 is 4.74 Å². The molecule has 0 fully saturated rings. The van der Waals surface area contributed by atoms with Gasteiger partial charge in [-0.05, 0) is 19.8 Å². The Morgan fingerprint density at radius 1 is 1.29 bits per heavy atom. The highest BCUT2D eigenvalue weighted by Gasteiger charge is 2.16. The second-order valence-corrected chi connectivity index (χ2v) is 4.11. The van der Waals surface area contributed by atoms with Crippen molar-refractivity contribution in [3.63, 3.8) is 0 Å². The van der Waals surface area contributed by atoms with Crippen LogP contribution in [0.15, 0.2) is 0 Å². The number of aryl methyl sites for hydroxylation is 1. The van der Waals surface area contributed by atoms with Gasteiger partial charge >= 0.3 is 0 Å². The summed E-state index contributed by atoms with van der Waals surface area (Å²) in [6, 6.07) is 0. The van der Waals surface area contributed by atoms with Crippen LogP contribution in [0, 0.1) is 6.92 Å². The molecule has 0 aliphatic heterocycles. The molecule has 1 aromatic heterocycles. The van der Waals surface area contributed by atoms with Crippen LogP contribution in [0.5, 0.6) is 0 Å². The van der Waals surface area contributed by atoms with Gasteiger partial charge in [0, 0.05) is 25.4 Å². The Labute approximate surface area is 104 Å². The van der Waals surface area contributed by atoms with Gasteiger partial charge in [0.1, 0.15) is 11.9 Å². The van der Waals surface area contributed by atoms with Crippen molar-refractivity contribution in [3.8, 4) is 0 Å². The molecule has 4 nitrogen and oxygen atoms in total. The lowest BCUT2D eigenvalue weighted by molar-refractivity contribution is 0.0875. The summed E-state index contributed by atoms with van der Waals surface area (Å²) in [5.41, 5.74) is 2.22. The number of aromatic nitrogens is 2. The molecule has 0 aliphatic rings. The number of anilines is 1. The fourth-order valence-corrected chi connectivity index (χ4v) is 2.01. The molecule has 17 heavy (non-hydrogen) atoms. The lowest BCUT2D eigenvalue weighted by Gasteiger charge is -2.17. The van der Waals surface area contributed by atoms with Crippen molar-refractivity contribution in [2.75, 3.05) is 19.5 Å². The molecular formula is C13H23N3O. The molecule has 1 N–H and O–H groups in total. The molecule has 96 valence electrons. The zero-order chi connectivity index (χ0) is 12.8. The summed E-state index contributed by atoms with van der Waals surface area (Å²) in [6.07, 6.45) is 2.94. The summed E-state index contributed by atoms with van der Waals surface area (Å²) in [6.45, 7) is 6.29. The Morgan fingerprint density at radius 3 is 2.47 bits per heavy atom. The van der Waals surface area contributed by atoms with E-state index in [0.717, 1.165) is 36.6 Å². The van der Waals surface area contributed by atoms with Gasteiger partial charge in [0.15, 0.2) is 5.82 Å². The van der Waals surface area contributed by atoms with E-state index in [-0.39, 0.29) is 6.10 Å². The first-order chi connectivity index (χ1) is 8.17. The average molecular weight is 237 g/mol. The summed E-state index contributed by atoms with van der Waals surface area (Å²) in [7, 11) is 3.61. The second kappa shape index (κ2) is 6.55. The van der Waals surface area contributed by atoms with E-state index >= 15 is 0 Å². The maximum atomic E-state index is 5.45. The molecule has 0 bridgehead atoms. The van der Waals surface area contributed by atoms with Gasteiger partial charge in [-0.15, -0.1) is 0 Å². The summed E-state index contributed by atoms with van der Waals surface area (Å²) < 4.78 is 5.45. The van der Waals surface area contributed by atoms with Gasteiger partial charge < -0.3 is 10.1 Å². The molecule has 4 heteroatoms. The predicted octanol–water partition coefficient (Wildman–Crippen LogP) is 2.88. The minimum absolute atomic E-state index is 0.00305. The average Bonchev–Trinajstić information content (AvgIpc) is 2.34. The summed E-state index contributed by atoms with van der Waals surface area (Å²) in [5.74, 6) is 1.71. The van der Waals surface area contributed by atoms with Gasteiger partial charge in [0.25, 0.3) is 0 Å². The molecule has 1 aromatic rings. The summed E-state index contributed by atoms with van der Waals surface area (Å²) in [5, 5.41) is 3.14. The number of methoxy groups -OCH3 is 1. The van der Waals surface area contributed by atoms with E-state index in [2.05, 4.69) is 29.1 Å². The fraction of sp³-hybridized carbons (Fsp3) is 0.692. The van der Waals surface area contributed by atoms with Crippen molar-refractivity contribution in [1.82, 2.24) is 9.97 Å². The van der Waals surface area contributed by atoms with Crippen molar-refractivity contribution in [3.05, 3.63) is 17.1 Å². The van der Waals surface area contributed by atoms with Crippen LogP contribution in [-0.2, 0) is 11.2 Å². The molecular weight excluding hydrogens is 214 g/mol. The number of nitrogens with one attached hydrogen (secondary N) is 1. The normalized spacial score (nSPS) is 12.5. The van der Waals surface area contributed by atoms with E-state index in [4.69, 9.17) is 4.74 Å². The van der Waals surface area contributed by atoms with Crippen LogP contribution in [0.3, 0.4) is 0 Å². The lowest BCUT2D eigenvalue weighted by atomic mass is 10.1. The van der Waals surface area contributed by atoms with E-state index in [1.807, 2.05) is 14.0 Å². The van der Waals surface area contributed by atoms with Crippen LogP contribution in [0.25, 0.3) is 0 Å². The highest BCUT2D eigenvalue weighted by molar-refractivity contribution is 5.46. The summed E-state index contributed by atoms with van der Waals surface area (Å²) >= 11 is 0. The minimum Gasteiger partial charge on any atom is -0.373 e. The smallest absolute Gasteiger partial charge is 0.159 e. The van der Waals surface area contributed by atoms with Gasteiger partial charge in [-0.3, -0.25) is 0 Å². The van der Waals surface area contributed by atoms with Gasteiger partial charge in [0.05, 0.1) is 0 Å². The molecule has 1 rings (SSSR count). The molecule has 0 amide bonds. The predicted molar refractivity (Wildman–Crippen MR) is 70.4 cm³/mol. The van der Waals surface area contributed by atoms with E-state index in [9.17, 15) is 0 Å². The number of hydrogen-bond donors (Lipinski definition) is 1. The van der Waals surface area contributed by atoms with E-state index in [1.165, 1.54) is 5.56 Å². The minimum atomic E-state index is -0.00305. The Hall–Kier alpha value is -1.16. The highest BCUT2D eigenvalue weighted by atomic mass is 16.5. The van der Waals surface area contributed by atoms with Crippen molar-refractivity contribution >= 4 is 5.82 Å². The third kappa shape index (κ3) is 3.16. The largest absolute Gasteiger partial charge is 0.373 e. The van der Waals surface area contributed by atoms with Crippen LogP contribution >= 0.6 is 0 Å². The molecule has 0 radical (unpaired) electrons. The zero-order valence-corrected chi connectivity index (χ0v) is 11.5. The van der Waals surface area contributed by atoms with Gasteiger partial charge in [-0.1, -0.05) is 20.3 Å². The third-order valence-electron chi connectivity index (χ3n) is 2.94. The number of nitrogens with zero attached hydrogens (tertiary/aromatic N) is 2. The van der Waals surface area contributed by atoms with Crippen molar-refractivity contribution in [2.45, 2.75) is 46.1 Å². The van der Waals surface area contributed by atoms with Crippen LogP contribution in [0.2, 0.25) is 0 Å². The zero-order valence-electron chi connectivity index (χ0n) is 11.5. The van der Waals surface area contributed by atoms with Crippen LogP contribution in [0.4, 0.5) is 5.82 Å². The number of hydrogen-bond acceptors (Lipinski definition) is 4. The van der Waals surface area contributed by atoms with E-state index in [1.54, 1.807) is 7.11 Å². The Balaban J connectivity index is 3.13. The molecule has 1 atom stereocenters. The topological polar surface area (TPSA) is 47.0 Å². The highest BCUT2D eigenvalue weighted by Crippen LogP contribution is 2.23. The van der Waals surface area contributed by atoms with Gasteiger partial charge in [0.2, 0.25) is 0 Å². The van der Waals surface area contributed by atoms with Crippen molar-refractivity contribution in [1.29, 1.82) is 0 Å². The van der Waals surface area contributed by atoms with E-state index in [0.29, 0.717) is 0 Å². The Morgan fingerprint density at radius 2 is 2.00 bits per heavy atom. The quantitative estimate of drug-likeness (QED) is 0.826. The molecule has 1 heterocycles. The standard InChI is InChI=1S/C13H23N3O/c1-6-8-11(17-5)13-15-9(3)10(7-2)12(14-4)16-13/h11H,6-8H2,1-5H3,(H,14,15,16). The molecule has 0 spiro atoms.